The van der Waals surface area contributed by atoms with Crippen molar-refractivity contribution in [2.45, 2.75) is 0 Å². The van der Waals surface area contributed by atoms with Crippen LogP contribution in [-0.4, -0.2) is 23.2 Å². The van der Waals surface area contributed by atoms with Crippen molar-refractivity contribution in [1.82, 2.24) is 4.90 Å². The van der Waals surface area contributed by atoms with Gasteiger partial charge in [-0.25, -0.2) is 0 Å². The van der Waals surface area contributed by atoms with Gasteiger partial charge in [-0.15, -0.1) is 0 Å². The number of aliphatic imine (C=N–C) groups is 1. The van der Waals surface area contributed by atoms with Gasteiger partial charge in [0.05, 0.1) is 6.54 Å². The maximum absolute atomic E-state index is 4.24. The van der Waals surface area contributed by atoms with E-state index >= 15 is 0 Å². The molecule has 0 aromatic carbocycles. The summed E-state index contributed by atoms with van der Waals surface area (Å²) < 4.78 is 0. The molecule has 0 bridgehead atoms. The predicted octanol–water partition coefficient (Wildman–Crippen LogP) is 0.876. The minimum Gasteiger partial charge on any atom is -0.325 e. The molecule has 2 heterocycles. The number of hydrogen-bond acceptors (Lipinski definition) is 3. The van der Waals surface area contributed by atoms with E-state index in [2.05, 4.69) is 21.5 Å². The maximum Gasteiger partial charge on any atom is 0.167 e. The van der Waals surface area contributed by atoms with E-state index < -0.39 is 0 Å². The molecule has 0 atom stereocenters. The fraction of sp³-hybridized carbons (Fsp3) is 0.400. The van der Waals surface area contributed by atoms with Gasteiger partial charge in [-0.3, -0.25) is 4.99 Å². The van der Waals surface area contributed by atoms with Gasteiger partial charge in [-0.05, 0) is 5.41 Å². The Morgan fingerprint density at radius 2 is 2.75 bits per heavy atom. The average Bonchev–Trinajstić information content (AvgIpc) is 2.15. The Balaban J connectivity index is 2.28. The zero-order valence-corrected chi connectivity index (χ0v) is 5.19. The van der Waals surface area contributed by atoms with Crippen LogP contribution in [0.15, 0.2) is 16.6 Å². The third-order valence-electron chi connectivity index (χ3n) is 1.25. The van der Waals surface area contributed by atoms with Crippen molar-refractivity contribution < 1.29 is 0 Å². The highest BCUT2D eigenvalue weighted by Crippen LogP contribution is 2.21. The second kappa shape index (κ2) is 1.52. The molecule has 0 spiro atoms. The molecule has 3 heteroatoms. The first-order valence-electron chi connectivity index (χ1n) is 2.61. The second-order valence-electron chi connectivity index (χ2n) is 1.76. The van der Waals surface area contributed by atoms with Crippen LogP contribution in [0.2, 0.25) is 0 Å². The van der Waals surface area contributed by atoms with Crippen LogP contribution in [0.25, 0.3) is 0 Å². The van der Waals surface area contributed by atoms with Crippen LogP contribution in [0.1, 0.15) is 0 Å². The Labute approximate surface area is 52.3 Å². The topological polar surface area (TPSA) is 15.6 Å². The molecule has 42 valence electrons. The number of thioether (sulfide) groups is 1. The molecule has 0 radical (unpaired) electrons. The van der Waals surface area contributed by atoms with Crippen LogP contribution in [0, 0.1) is 0 Å². The first-order chi connectivity index (χ1) is 3.97. The Hall–Kier alpha value is -0.440. The van der Waals surface area contributed by atoms with Gasteiger partial charge < -0.3 is 4.90 Å². The van der Waals surface area contributed by atoms with E-state index in [0.29, 0.717) is 0 Å². The van der Waals surface area contributed by atoms with E-state index in [4.69, 9.17) is 0 Å². The molecule has 0 saturated heterocycles. The van der Waals surface area contributed by atoms with Gasteiger partial charge in [0, 0.05) is 12.7 Å². The standard InChI is InChI=1S/C5H6N2S/c1-2-7-3-4-8-5(7)6-1/h3-4H,1-2H2. The molecule has 0 N–H and O–H groups in total. The molecular formula is C5H6N2S. The molecule has 0 unspecified atom stereocenters. The highest BCUT2D eigenvalue weighted by atomic mass is 32.2. The number of nitrogens with zero attached hydrogens (tertiary/aromatic N) is 2. The summed E-state index contributed by atoms with van der Waals surface area (Å²) in [6.07, 6.45) is 2.08. The van der Waals surface area contributed by atoms with Gasteiger partial charge in [0.2, 0.25) is 0 Å². The van der Waals surface area contributed by atoms with Gasteiger partial charge in [-0.2, -0.15) is 0 Å². The Morgan fingerprint density at radius 3 is 3.62 bits per heavy atom. The molecule has 0 aromatic heterocycles. The minimum absolute atomic E-state index is 0.979. The predicted molar refractivity (Wildman–Crippen MR) is 35.7 cm³/mol. The van der Waals surface area contributed by atoms with Gasteiger partial charge in [0.25, 0.3) is 0 Å². The summed E-state index contributed by atoms with van der Waals surface area (Å²) in [5, 5.41) is 3.24. The average molecular weight is 126 g/mol. The molecule has 2 rings (SSSR count). The zero-order valence-electron chi connectivity index (χ0n) is 4.37. The molecule has 2 aliphatic rings. The number of fused-ring (bicyclic) bond motifs is 1. The van der Waals surface area contributed by atoms with Crippen LogP contribution >= 0.6 is 11.8 Å². The maximum atomic E-state index is 4.24. The summed E-state index contributed by atoms with van der Waals surface area (Å²) in [6, 6.07) is 0. The third kappa shape index (κ3) is 0.478. The molecule has 0 aromatic rings. The van der Waals surface area contributed by atoms with Crippen molar-refractivity contribution >= 4 is 16.9 Å². The van der Waals surface area contributed by atoms with Crippen molar-refractivity contribution in [3.63, 3.8) is 0 Å². The lowest BCUT2D eigenvalue weighted by atomic mass is 10.6. The Kier molecular flexibility index (Phi) is 0.842. The smallest absolute Gasteiger partial charge is 0.167 e. The molecule has 2 nitrogen and oxygen atoms in total. The summed E-state index contributed by atoms with van der Waals surface area (Å²) in [5.41, 5.74) is 0. The normalized spacial score (nSPS) is 24.0. The molecule has 0 fully saturated rings. The summed E-state index contributed by atoms with van der Waals surface area (Å²) in [4.78, 5) is 6.41. The van der Waals surface area contributed by atoms with E-state index in [1.54, 1.807) is 11.8 Å². The third-order valence-corrected chi connectivity index (χ3v) is 2.08. The van der Waals surface area contributed by atoms with Crippen molar-refractivity contribution in [2.24, 2.45) is 4.99 Å². The molecule has 2 aliphatic heterocycles. The van der Waals surface area contributed by atoms with E-state index in [1.807, 2.05) is 0 Å². The number of hydrogen-bond donors (Lipinski definition) is 0. The van der Waals surface area contributed by atoms with Gasteiger partial charge in [0.1, 0.15) is 0 Å². The SMILES string of the molecule is C1=CN2CCN=C2S1. The lowest BCUT2D eigenvalue weighted by molar-refractivity contribution is 0.625. The fourth-order valence-corrected chi connectivity index (χ4v) is 1.63. The highest BCUT2D eigenvalue weighted by molar-refractivity contribution is 8.16. The monoisotopic (exact) mass is 126 g/mol. The van der Waals surface area contributed by atoms with Crippen LogP contribution in [0.3, 0.4) is 0 Å². The first-order valence-corrected chi connectivity index (χ1v) is 3.49. The van der Waals surface area contributed by atoms with Crippen molar-refractivity contribution in [3.8, 4) is 0 Å². The highest BCUT2D eigenvalue weighted by Gasteiger charge is 2.17. The van der Waals surface area contributed by atoms with E-state index in [-0.39, 0.29) is 0 Å². The number of rotatable bonds is 0. The largest absolute Gasteiger partial charge is 0.325 e. The summed E-state index contributed by atoms with van der Waals surface area (Å²) >= 11 is 1.71. The van der Waals surface area contributed by atoms with Crippen LogP contribution in [0.4, 0.5) is 0 Å². The second-order valence-corrected chi connectivity index (χ2v) is 2.63. The van der Waals surface area contributed by atoms with E-state index in [0.717, 1.165) is 13.1 Å². The quantitative estimate of drug-likeness (QED) is 0.478. The van der Waals surface area contributed by atoms with Gasteiger partial charge in [0.15, 0.2) is 5.17 Å². The Morgan fingerprint density at radius 1 is 1.75 bits per heavy atom. The lowest BCUT2D eigenvalue weighted by Crippen LogP contribution is -2.14. The van der Waals surface area contributed by atoms with Crippen molar-refractivity contribution in [1.29, 1.82) is 0 Å². The van der Waals surface area contributed by atoms with Crippen molar-refractivity contribution in [3.05, 3.63) is 11.6 Å². The van der Waals surface area contributed by atoms with Crippen LogP contribution in [-0.2, 0) is 0 Å². The van der Waals surface area contributed by atoms with Crippen molar-refractivity contribution in [2.75, 3.05) is 13.1 Å². The molecule has 0 aliphatic carbocycles. The number of amidine groups is 1. The van der Waals surface area contributed by atoms with E-state index in [9.17, 15) is 0 Å². The molecule has 0 saturated carbocycles. The summed E-state index contributed by atoms with van der Waals surface area (Å²) in [5.74, 6) is 0. The molecule has 0 amide bonds. The summed E-state index contributed by atoms with van der Waals surface area (Å²) in [6.45, 7) is 2.06. The molecule has 8 heavy (non-hydrogen) atoms. The van der Waals surface area contributed by atoms with Gasteiger partial charge in [-0.1, -0.05) is 11.8 Å². The van der Waals surface area contributed by atoms with Crippen LogP contribution in [0.5, 0.6) is 0 Å². The first kappa shape index (κ1) is 4.44. The Bertz CT molecular complexity index is 162. The van der Waals surface area contributed by atoms with Gasteiger partial charge >= 0.3 is 0 Å². The lowest BCUT2D eigenvalue weighted by Gasteiger charge is -2.04. The molecular weight excluding hydrogens is 120 g/mol. The van der Waals surface area contributed by atoms with E-state index in [1.165, 1.54) is 5.17 Å². The summed E-state index contributed by atoms with van der Waals surface area (Å²) in [7, 11) is 0. The van der Waals surface area contributed by atoms with Crippen LogP contribution < -0.4 is 0 Å². The zero-order chi connectivity index (χ0) is 5.40. The fourth-order valence-electron chi connectivity index (χ4n) is 0.848. The minimum atomic E-state index is 0.979.